The Morgan fingerprint density at radius 1 is 1.10 bits per heavy atom. The predicted octanol–water partition coefficient (Wildman–Crippen LogP) is 5.68. The molecule has 3 aromatic rings. The highest BCUT2D eigenvalue weighted by Crippen LogP contribution is 2.30. The lowest BCUT2D eigenvalue weighted by Crippen LogP contribution is -2.34. The van der Waals surface area contributed by atoms with Gasteiger partial charge in [0, 0.05) is 11.5 Å². The summed E-state index contributed by atoms with van der Waals surface area (Å²) in [7, 11) is 0. The van der Waals surface area contributed by atoms with Gasteiger partial charge in [-0.1, -0.05) is 62.7 Å². The van der Waals surface area contributed by atoms with E-state index in [1.54, 1.807) is 0 Å². The van der Waals surface area contributed by atoms with Crippen LogP contribution in [0.1, 0.15) is 62.0 Å². The minimum absolute atomic E-state index is 0.0350. The standard InChI is InChI=1S/C25H30N4O/c1-17-12-14-19(15-13-17)29-23(16-22(28-29)25(2,3)4)27-24(30)26-21-11-7-9-18-8-5-6-10-20(18)21/h5-6,8,10,12-16,21H,7,9,11H2,1-4H3,(H2,26,27,30)/t21-/m0/s1. The van der Waals surface area contributed by atoms with Crippen molar-refractivity contribution in [1.29, 1.82) is 0 Å². The van der Waals surface area contributed by atoms with E-state index in [4.69, 9.17) is 5.10 Å². The number of urea groups is 1. The van der Waals surface area contributed by atoms with E-state index >= 15 is 0 Å². The third kappa shape index (κ3) is 4.25. The first-order valence-electron chi connectivity index (χ1n) is 10.6. The van der Waals surface area contributed by atoms with Gasteiger partial charge in [-0.3, -0.25) is 5.32 Å². The lowest BCUT2D eigenvalue weighted by atomic mass is 9.88. The summed E-state index contributed by atoms with van der Waals surface area (Å²) in [6.07, 6.45) is 3.11. The smallest absolute Gasteiger partial charge is 0.320 e. The summed E-state index contributed by atoms with van der Waals surface area (Å²) >= 11 is 0. The van der Waals surface area contributed by atoms with Crippen molar-refractivity contribution in [1.82, 2.24) is 15.1 Å². The Labute approximate surface area is 178 Å². The molecule has 2 aromatic carbocycles. The molecule has 0 fully saturated rings. The molecule has 4 rings (SSSR count). The minimum Gasteiger partial charge on any atom is -0.331 e. The molecule has 0 unspecified atom stereocenters. The maximum absolute atomic E-state index is 12.9. The van der Waals surface area contributed by atoms with Crippen molar-refractivity contribution in [2.45, 2.75) is 58.4 Å². The quantitative estimate of drug-likeness (QED) is 0.592. The number of rotatable bonds is 3. The van der Waals surface area contributed by atoms with Crippen LogP contribution in [0.25, 0.3) is 5.69 Å². The van der Waals surface area contributed by atoms with Crippen molar-refractivity contribution in [3.8, 4) is 5.69 Å². The highest BCUT2D eigenvalue weighted by molar-refractivity contribution is 5.89. The van der Waals surface area contributed by atoms with Gasteiger partial charge in [-0.05, 0) is 49.4 Å². The fourth-order valence-electron chi connectivity index (χ4n) is 3.93. The molecule has 1 aromatic heterocycles. The topological polar surface area (TPSA) is 59.0 Å². The first-order chi connectivity index (χ1) is 14.3. The van der Waals surface area contributed by atoms with Crippen molar-refractivity contribution in [2.24, 2.45) is 0 Å². The van der Waals surface area contributed by atoms with Gasteiger partial charge in [0.1, 0.15) is 5.82 Å². The molecule has 5 nitrogen and oxygen atoms in total. The monoisotopic (exact) mass is 402 g/mol. The van der Waals surface area contributed by atoms with Gasteiger partial charge in [0.2, 0.25) is 0 Å². The average molecular weight is 403 g/mol. The maximum Gasteiger partial charge on any atom is 0.320 e. The number of hydrogen-bond acceptors (Lipinski definition) is 2. The number of anilines is 1. The lowest BCUT2D eigenvalue weighted by molar-refractivity contribution is 0.247. The van der Waals surface area contributed by atoms with Crippen LogP contribution in [-0.2, 0) is 11.8 Å². The van der Waals surface area contributed by atoms with Crippen LogP contribution < -0.4 is 10.6 Å². The number of carbonyl (C=O) groups is 1. The van der Waals surface area contributed by atoms with Crippen LogP contribution in [0.15, 0.2) is 54.6 Å². The first kappa shape index (κ1) is 20.2. The molecule has 2 N–H and O–H groups in total. The van der Waals surface area contributed by atoms with Gasteiger partial charge in [0.25, 0.3) is 0 Å². The Balaban J connectivity index is 1.59. The zero-order chi connectivity index (χ0) is 21.3. The van der Waals surface area contributed by atoms with E-state index in [1.165, 1.54) is 16.7 Å². The first-order valence-corrected chi connectivity index (χ1v) is 10.6. The van der Waals surface area contributed by atoms with E-state index in [2.05, 4.69) is 68.7 Å². The molecule has 0 spiro atoms. The number of fused-ring (bicyclic) bond motifs is 1. The lowest BCUT2D eigenvalue weighted by Gasteiger charge is -2.26. The van der Waals surface area contributed by atoms with Crippen LogP contribution in [0, 0.1) is 6.92 Å². The van der Waals surface area contributed by atoms with E-state index < -0.39 is 0 Å². The molecule has 30 heavy (non-hydrogen) atoms. The number of carbonyl (C=O) groups excluding carboxylic acids is 1. The number of hydrogen-bond donors (Lipinski definition) is 2. The van der Waals surface area contributed by atoms with Crippen LogP contribution in [-0.4, -0.2) is 15.8 Å². The summed E-state index contributed by atoms with van der Waals surface area (Å²) in [5, 5.41) is 11.0. The second kappa shape index (κ2) is 7.98. The molecule has 1 aliphatic carbocycles. The van der Waals surface area contributed by atoms with Gasteiger partial charge in [0.05, 0.1) is 17.4 Å². The van der Waals surface area contributed by atoms with E-state index in [1.807, 2.05) is 28.9 Å². The molecule has 156 valence electrons. The number of amides is 2. The summed E-state index contributed by atoms with van der Waals surface area (Å²) < 4.78 is 1.81. The van der Waals surface area contributed by atoms with Crippen LogP contribution in [0.5, 0.6) is 0 Å². The van der Waals surface area contributed by atoms with Crippen molar-refractivity contribution in [3.05, 3.63) is 77.0 Å². The average Bonchev–Trinajstić information content (AvgIpc) is 3.13. The molecule has 0 saturated heterocycles. The number of nitrogens with one attached hydrogen (secondary N) is 2. The summed E-state index contributed by atoms with van der Waals surface area (Å²) in [5.74, 6) is 0.672. The van der Waals surface area contributed by atoms with Gasteiger partial charge in [-0.25, -0.2) is 9.48 Å². The molecule has 1 aliphatic rings. The largest absolute Gasteiger partial charge is 0.331 e. The zero-order valence-corrected chi connectivity index (χ0v) is 18.2. The van der Waals surface area contributed by atoms with Crippen LogP contribution in [0.3, 0.4) is 0 Å². The summed E-state index contributed by atoms with van der Waals surface area (Å²) in [4.78, 5) is 12.9. The highest BCUT2D eigenvalue weighted by Gasteiger charge is 2.24. The normalized spacial score (nSPS) is 16.1. The van der Waals surface area contributed by atoms with Crippen molar-refractivity contribution < 1.29 is 4.79 Å². The molecule has 0 radical (unpaired) electrons. The molecular weight excluding hydrogens is 372 g/mol. The number of nitrogens with zero attached hydrogens (tertiary/aromatic N) is 2. The third-order valence-corrected chi connectivity index (χ3v) is 5.67. The van der Waals surface area contributed by atoms with E-state index in [-0.39, 0.29) is 17.5 Å². The van der Waals surface area contributed by atoms with Gasteiger partial charge < -0.3 is 5.32 Å². The number of benzene rings is 2. The summed E-state index contributed by atoms with van der Waals surface area (Å²) in [6, 6.07) is 18.3. The fourth-order valence-corrected chi connectivity index (χ4v) is 3.93. The molecule has 1 atom stereocenters. The van der Waals surface area contributed by atoms with Crippen molar-refractivity contribution >= 4 is 11.8 Å². The van der Waals surface area contributed by atoms with Crippen LogP contribution in [0.4, 0.5) is 10.6 Å². The molecule has 1 heterocycles. The van der Waals surface area contributed by atoms with E-state index in [0.29, 0.717) is 5.82 Å². The van der Waals surface area contributed by atoms with Gasteiger partial charge in [-0.2, -0.15) is 5.10 Å². The molecule has 5 heteroatoms. The van der Waals surface area contributed by atoms with Gasteiger partial charge in [-0.15, -0.1) is 0 Å². The third-order valence-electron chi connectivity index (χ3n) is 5.67. The predicted molar refractivity (Wildman–Crippen MR) is 121 cm³/mol. The van der Waals surface area contributed by atoms with Crippen molar-refractivity contribution in [2.75, 3.05) is 5.32 Å². The van der Waals surface area contributed by atoms with Gasteiger partial charge >= 0.3 is 6.03 Å². The summed E-state index contributed by atoms with van der Waals surface area (Å²) in [5.41, 5.74) is 5.47. The van der Waals surface area contributed by atoms with Crippen LogP contribution >= 0.6 is 0 Å². The Hall–Kier alpha value is -3.08. The second-order valence-corrected chi connectivity index (χ2v) is 9.15. The molecule has 0 aliphatic heterocycles. The maximum atomic E-state index is 12.9. The Kier molecular flexibility index (Phi) is 5.37. The van der Waals surface area contributed by atoms with E-state index in [9.17, 15) is 4.79 Å². The van der Waals surface area contributed by atoms with Gasteiger partial charge in [0.15, 0.2) is 0 Å². The molecule has 0 bridgehead atoms. The van der Waals surface area contributed by atoms with E-state index in [0.717, 1.165) is 30.6 Å². The highest BCUT2D eigenvalue weighted by atomic mass is 16.2. The second-order valence-electron chi connectivity index (χ2n) is 9.15. The Morgan fingerprint density at radius 3 is 2.57 bits per heavy atom. The minimum atomic E-state index is -0.203. The fraction of sp³-hybridized carbons (Fsp3) is 0.360. The Morgan fingerprint density at radius 2 is 1.83 bits per heavy atom. The molecule has 2 amide bonds. The summed E-state index contributed by atoms with van der Waals surface area (Å²) in [6.45, 7) is 8.43. The zero-order valence-electron chi connectivity index (χ0n) is 18.2. The Bertz CT molecular complexity index is 1040. The SMILES string of the molecule is Cc1ccc(-n2nc(C(C)(C)C)cc2NC(=O)N[C@H]2CCCc3ccccc32)cc1. The molecule has 0 saturated carbocycles. The van der Waals surface area contributed by atoms with Crippen LogP contribution in [0.2, 0.25) is 0 Å². The number of aromatic nitrogens is 2. The van der Waals surface area contributed by atoms with Crippen molar-refractivity contribution in [3.63, 3.8) is 0 Å². The molecular formula is C25H30N4O. The number of aryl methyl sites for hydroxylation is 2.